The van der Waals surface area contributed by atoms with E-state index < -0.39 is 11.5 Å². The highest BCUT2D eigenvalue weighted by Gasteiger charge is 2.18. The number of methoxy groups -OCH3 is 1. The van der Waals surface area contributed by atoms with E-state index in [0.717, 1.165) is 11.3 Å². The molecule has 0 saturated heterocycles. The zero-order valence-corrected chi connectivity index (χ0v) is 15.9. The van der Waals surface area contributed by atoms with Gasteiger partial charge in [-0.15, -0.1) is 0 Å². The molecule has 0 atom stereocenters. The van der Waals surface area contributed by atoms with Crippen LogP contribution < -0.4 is 15.7 Å². The third kappa shape index (κ3) is 4.46. The first kappa shape index (κ1) is 19.3. The van der Waals surface area contributed by atoms with E-state index >= 15 is 0 Å². The molecule has 28 heavy (non-hydrogen) atoms. The molecule has 1 aromatic carbocycles. The minimum Gasteiger partial charge on any atom is -0.497 e. The molecular formula is C20H21N3O5. The molecule has 0 aliphatic heterocycles. The molecule has 0 aliphatic carbocycles. The zero-order chi connectivity index (χ0) is 20.1. The smallest absolute Gasteiger partial charge is 0.349 e. The summed E-state index contributed by atoms with van der Waals surface area (Å²) in [6.07, 6.45) is 1.25. The fraction of sp³-hybridized carbons (Fsp3) is 0.300. The summed E-state index contributed by atoms with van der Waals surface area (Å²) in [5.41, 5.74) is 2.08. The predicted molar refractivity (Wildman–Crippen MR) is 100 cm³/mol. The van der Waals surface area contributed by atoms with Gasteiger partial charge < -0.3 is 14.5 Å². The summed E-state index contributed by atoms with van der Waals surface area (Å²) in [5, 5.41) is 9.98. The lowest BCUT2D eigenvalue weighted by Crippen LogP contribution is -2.29. The monoisotopic (exact) mass is 383 g/mol. The topological polar surface area (TPSA) is 107 Å². The maximum Gasteiger partial charge on any atom is 0.349 e. The Labute approximate surface area is 161 Å². The molecule has 0 fully saturated rings. The lowest BCUT2D eigenvalue weighted by molar-refractivity contribution is 0.0945. The number of carbonyl (C=O) groups is 1. The van der Waals surface area contributed by atoms with E-state index in [-0.39, 0.29) is 12.1 Å². The molecule has 3 aromatic rings. The average molecular weight is 383 g/mol. The Hall–Kier alpha value is -3.42. The number of benzene rings is 1. The Morgan fingerprint density at radius 1 is 1.14 bits per heavy atom. The lowest BCUT2D eigenvalue weighted by Gasteiger charge is -2.08. The lowest BCUT2D eigenvalue weighted by atomic mass is 10.1. The number of hydrogen-bond acceptors (Lipinski definition) is 7. The van der Waals surface area contributed by atoms with Gasteiger partial charge in [-0.05, 0) is 49.6 Å². The van der Waals surface area contributed by atoms with Crippen molar-refractivity contribution in [2.45, 2.75) is 33.2 Å². The molecule has 0 bridgehead atoms. The second-order valence-electron chi connectivity index (χ2n) is 6.39. The maximum absolute atomic E-state index is 12.4. The Morgan fingerprint density at radius 3 is 2.50 bits per heavy atom. The van der Waals surface area contributed by atoms with Crippen LogP contribution in [0.3, 0.4) is 0 Å². The summed E-state index contributed by atoms with van der Waals surface area (Å²) in [6.45, 7) is 3.55. The second-order valence-corrected chi connectivity index (χ2v) is 6.39. The molecule has 8 heteroatoms. The third-order valence-corrected chi connectivity index (χ3v) is 4.41. The highest BCUT2D eigenvalue weighted by Crippen LogP contribution is 2.14. The highest BCUT2D eigenvalue weighted by atomic mass is 16.6. The largest absolute Gasteiger partial charge is 0.497 e. The summed E-state index contributed by atoms with van der Waals surface area (Å²) >= 11 is 0. The van der Waals surface area contributed by atoms with Crippen molar-refractivity contribution in [3.05, 3.63) is 74.6 Å². The van der Waals surface area contributed by atoms with Crippen LogP contribution in [-0.2, 0) is 19.4 Å². The van der Waals surface area contributed by atoms with Gasteiger partial charge in [0.1, 0.15) is 28.5 Å². The number of nitrogens with zero attached hydrogens (tertiary/aromatic N) is 2. The molecule has 0 radical (unpaired) electrons. The van der Waals surface area contributed by atoms with Crippen LogP contribution in [0.15, 0.2) is 44.2 Å². The number of aromatic nitrogens is 2. The first-order valence-corrected chi connectivity index (χ1v) is 8.80. The van der Waals surface area contributed by atoms with Gasteiger partial charge in [0.2, 0.25) is 0 Å². The predicted octanol–water partition coefficient (Wildman–Crippen LogP) is 2.36. The van der Waals surface area contributed by atoms with Gasteiger partial charge in [-0.1, -0.05) is 22.4 Å². The van der Waals surface area contributed by atoms with Crippen molar-refractivity contribution in [3.8, 4) is 5.75 Å². The summed E-state index contributed by atoms with van der Waals surface area (Å²) in [7, 11) is 1.62. The normalized spacial score (nSPS) is 10.7. The van der Waals surface area contributed by atoms with Crippen LogP contribution in [0.1, 0.15) is 38.6 Å². The standard InChI is InChI=1S/C20H21N3O5/c1-12-10-16(9-6-14-4-7-15(26-3)8-5-14)27-20(25)18(12)19(24)21-11-17-13(2)22-28-23-17/h4-5,7-8,10H,6,9,11H2,1-3H3,(H,21,24). The molecule has 3 rings (SSSR count). The van der Waals surface area contributed by atoms with Gasteiger partial charge in [-0.25, -0.2) is 9.42 Å². The second kappa shape index (κ2) is 8.51. The molecule has 0 spiro atoms. The van der Waals surface area contributed by atoms with Crippen molar-refractivity contribution < 1.29 is 18.6 Å². The van der Waals surface area contributed by atoms with Crippen molar-refractivity contribution in [3.63, 3.8) is 0 Å². The first-order chi connectivity index (χ1) is 13.5. The van der Waals surface area contributed by atoms with Gasteiger partial charge in [0.15, 0.2) is 0 Å². The van der Waals surface area contributed by atoms with Crippen LogP contribution in [0.25, 0.3) is 0 Å². The van der Waals surface area contributed by atoms with E-state index in [1.54, 1.807) is 27.0 Å². The van der Waals surface area contributed by atoms with E-state index in [0.29, 0.717) is 35.6 Å². The summed E-state index contributed by atoms with van der Waals surface area (Å²) in [6, 6.07) is 9.42. The average Bonchev–Trinajstić information content (AvgIpc) is 3.09. The van der Waals surface area contributed by atoms with Gasteiger partial charge in [0.25, 0.3) is 5.91 Å². The minimum absolute atomic E-state index is 0.0118. The van der Waals surface area contributed by atoms with Crippen LogP contribution in [0.5, 0.6) is 5.75 Å². The highest BCUT2D eigenvalue weighted by molar-refractivity contribution is 5.95. The SMILES string of the molecule is COc1ccc(CCc2cc(C)c(C(=O)NCc3nonc3C)c(=O)o2)cc1. The van der Waals surface area contributed by atoms with E-state index in [1.807, 2.05) is 24.3 Å². The van der Waals surface area contributed by atoms with Gasteiger partial charge in [0.05, 0.1) is 13.7 Å². The molecule has 2 aromatic heterocycles. The Bertz CT molecular complexity index is 1020. The molecule has 0 unspecified atom stereocenters. The summed E-state index contributed by atoms with van der Waals surface area (Å²) in [5.74, 6) is 0.805. The Balaban J connectivity index is 1.66. The zero-order valence-electron chi connectivity index (χ0n) is 15.9. The number of amides is 1. The van der Waals surface area contributed by atoms with Crippen molar-refractivity contribution >= 4 is 5.91 Å². The van der Waals surface area contributed by atoms with E-state index in [4.69, 9.17) is 9.15 Å². The molecular weight excluding hydrogens is 362 g/mol. The summed E-state index contributed by atoms with van der Waals surface area (Å²) < 4.78 is 15.1. The molecule has 0 aliphatic rings. The molecule has 146 valence electrons. The van der Waals surface area contributed by atoms with Crippen LogP contribution >= 0.6 is 0 Å². The third-order valence-electron chi connectivity index (χ3n) is 4.41. The van der Waals surface area contributed by atoms with E-state index in [2.05, 4.69) is 20.3 Å². The quantitative estimate of drug-likeness (QED) is 0.667. The van der Waals surface area contributed by atoms with Crippen LogP contribution in [0, 0.1) is 13.8 Å². The fourth-order valence-electron chi connectivity index (χ4n) is 2.79. The number of carbonyl (C=O) groups excluding carboxylic acids is 1. The number of ether oxygens (including phenoxy) is 1. The van der Waals surface area contributed by atoms with Crippen LogP contribution in [-0.4, -0.2) is 23.3 Å². The van der Waals surface area contributed by atoms with Crippen LogP contribution in [0.2, 0.25) is 0 Å². The maximum atomic E-state index is 12.4. The molecule has 0 saturated carbocycles. The van der Waals surface area contributed by atoms with Crippen molar-refractivity contribution in [1.82, 2.24) is 15.6 Å². The number of nitrogens with one attached hydrogen (secondary N) is 1. The molecule has 1 amide bonds. The number of aryl methyl sites for hydroxylation is 4. The van der Waals surface area contributed by atoms with Gasteiger partial charge >= 0.3 is 5.63 Å². The van der Waals surface area contributed by atoms with E-state index in [1.165, 1.54) is 0 Å². The van der Waals surface area contributed by atoms with Crippen LogP contribution in [0.4, 0.5) is 0 Å². The van der Waals surface area contributed by atoms with Crippen molar-refractivity contribution in [2.75, 3.05) is 7.11 Å². The molecule has 8 nitrogen and oxygen atoms in total. The van der Waals surface area contributed by atoms with Gasteiger partial charge in [0, 0.05) is 6.42 Å². The van der Waals surface area contributed by atoms with Gasteiger partial charge in [-0.2, -0.15) is 0 Å². The summed E-state index contributed by atoms with van der Waals surface area (Å²) in [4.78, 5) is 24.7. The number of hydrogen-bond donors (Lipinski definition) is 1. The van der Waals surface area contributed by atoms with Gasteiger partial charge in [-0.3, -0.25) is 4.79 Å². The Morgan fingerprint density at radius 2 is 1.89 bits per heavy atom. The number of rotatable bonds is 7. The Kier molecular flexibility index (Phi) is 5.88. The van der Waals surface area contributed by atoms with Crippen molar-refractivity contribution in [2.24, 2.45) is 0 Å². The van der Waals surface area contributed by atoms with E-state index in [9.17, 15) is 9.59 Å². The van der Waals surface area contributed by atoms with Crippen molar-refractivity contribution in [1.29, 1.82) is 0 Å². The fourth-order valence-corrected chi connectivity index (χ4v) is 2.79. The molecule has 2 heterocycles. The molecule has 1 N–H and O–H groups in total. The first-order valence-electron chi connectivity index (χ1n) is 8.80. The minimum atomic E-state index is -0.655.